The van der Waals surface area contributed by atoms with Crippen molar-refractivity contribution in [2.75, 3.05) is 39.1 Å². The van der Waals surface area contributed by atoms with Gasteiger partial charge in [-0.1, -0.05) is 6.07 Å². The molecular weight excluding hydrogens is 358 g/mol. The van der Waals surface area contributed by atoms with Gasteiger partial charge in [-0.2, -0.15) is 0 Å². The van der Waals surface area contributed by atoms with Crippen molar-refractivity contribution < 1.29 is 9.59 Å². The summed E-state index contributed by atoms with van der Waals surface area (Å²) in [6, 6.07) is 3.64. The number of likely N-dealkylation sites (tertiary alicyclic amines) is 1. The Morgan fingerprint density at radius 2 is 2.07 bits per heavy atom. The lowest BCUT2D eigenvalue weighted by atomic mass is 9.79. The Balaban J connectivity index is 1.54. The standard InChI is InChI=1S/C19H29N7O2/c1-19(16(27)23-18(28)24-19)14-7-9-26(10-8-14)17(20-2)22-12-13-5-6-15(21-11-13)25(3)4/h5-6,11,14H,7-10,12H2,1-4H3,(H,20,22)(H2,23,24,27,28). The predicted molar refractivity (Wildman–Crippen MR) is 108 cm³/mol. The summed E-state index contributed by atoms with van der Waals surface area (Å²) in [4.78, 5) is 36.6. The number of pyridine rings is 1. The van der Waals surface area contributed by atoms with Crippen LogP contribution in [0.5, 0.6) is 0 Å². The van der Waals surface area contributed by atoms with Crippen LogP contribution in [0.15, 0.2) is 23.3 Å². The van der Waals surface area contributed by atoms with Gasteiger partial charge >= 0.3 is 6.03 Å². The second-order valence-corrected chi connectivity index (χ2v) is 7.69. The average Bonchev–Trinajstić information content (AvgIpc) is 2.95. The molecule has 3 rings (SSSR count). The summed E-state index contributed by atoms with van der Waals surface area (Å²) in [6.45, 7) is 4.01. The number of guanidine groups is 1. The van der Waals surface area contributed by atoms with Gasteiger partial charge in [0.15, 0.2) is 5.96 Å². The molecule has 152 valence electrons. The highest BCUT2D eigenvalue weighted by atomic mass is 16.2. The second-order valence-electron chi connectivity index (χ2n) is 7.69. The van der Waals surface area contributed by atoms with Gasteiger partial charge in [0.05, 0.1) is 0 Å². The van der Waals surface area contributed by atoms with Crippen LogP contribution in [0.2, 0.25) is 0 Å². The first-order valence-electron chi connectivity index (χ1n) is 9.55. The van der Waals surface area contributed by atoms with Gasteiger partial charge in [0.1, 0.15) is 11.4 Å². The molecule has 0 bridgehead atoms. The molecule has 0 spiro atoms. The minimum Gasteiger partial charge on any atom is -0.363 e. The van der Waals surface area contributed by atoms with Crippen LogP contribution in [0.25, 0.3) is 0 Å². The molecule has 2 aliphatic heterocycles. The first kappa shape index (κ1) is 19.9. The number of imide groups is 1. The van der Waals surface area contributed by atoms with Crippen LogP contribution in [0.4, 0.5) is 10.6 Å². The van der Waals surface area contributed by atoms with Crippen LogP contribution < -0.4 is 20.9 Å². The number of amides is 3. The van der Waals surface area contributed by atoms with Crippen molar-refractivity contribution in [2.45, 2.75) is 31.8 Å². The van der Waals surface area contributed by atoms with E-state index in [4.69, 9.17) is 0 Å². The fourth-order valence-corrected chi connectivity index (χ4v) is 3.81. The molecule has 9 nitrogen and oxygen atoms in total. The number of nitrogens with zero attached hydrogens (tertiary/aromatic N) is 4. The zero-order valence-corrected chi connectivity index (χ0v) is 17.0. The van der Waals surface area contributed by atoms with Gasteiger partial charge < -0.3 is 20.4 Å². The van der Waals surface area contributed by atoms with E-state index in [0.29, 0.717) is 6.54 Å². The van der Waals surface area contributed by atoms with E-state index in [1.54, 1.807) is 7.05 Å². The van der Waals surface area contributed by atoms with Crippen LogP contribution in [-0.2, 0) is 11.3 Å². The van der Waals surface area contributed by atoms with Gasteiger partial charge in [-0.3, -0.25) is 15.1 Å². The topological polar surface area (TPSA) is 102 Å². The third-order valence-corrected chi connectivity index (χ3v) is 5.61. The maximum absolute atomic E-state index is 12.1. The fourth-order valence-electron chi connectivity index (χ4n) is 3.81. The highest BCUT2D eigenvalue weighted by molar-refractivity contribution is 6.07. The molecule has 0 saturated carbocycles. The summed E-state index contributed by atoms with van der Waals surface area (Å²) >= 11 is 0. The molecule has 0 radical (unpaired) electrons. The van der Waals surface area contributed by atoms with E-state index in [9.17, 15) is 9.59 Å². The number of anilines is 1. The van der Waals surface area contributed by atoms with Crippen molar-refractivity contribution in [2.24, 2.45) is 10.9 Å². The maximum atomic E-state index is 12.1. The molecule has 0 aliphatic carbocycles. The average molecular weight is 387 g/mol. The lowest BCUT2D eigenvalue weighted by Gasteiger charge is -2.39. The second kappa shape index (κ2) is 8.04. The fraction of sp³-hybridized carbons (Fsp3) is 0.579. The normalized spacial score (nSPS) is 23.4. The number of carbonyl (C=O) groups is 2. The Hall–Kier alpha value is -2.84. The molecule has 1 unspecified atom stereocenters. The first-order chi connectivity index (χ1) is 13.3. The molecule has 3 N–H and O–H groups in total. The van der Waals surface area contributed by atoms with Crippen molar-refractivity contribution in [1.82, 2.24) is 25.8 Å². The first-order valence-corrected chi connectivity index (χ1v) is 9.55. The monoisotopic (exact) mass is 387 g/mol. The van der Waals surface area contributed by atoms with Crippen molar-refractivity contribution >= 4 is 23.7 Å². The van der Waals surface area contributed by atoms with Gasteiger partial charge in [0.25, 0.3) is 5.91 Å². The van der Waals surface area contributed by atoms with Crippen molar-refractivity contribution in [3.8, 4) is 0 Å². The number of hydrogen-bond acceptors (Lipinski definition) is 5. The summed E-state index contributed by atoms with van der Waals surface area (Å²) in [6.07, 6.45) is 3.48. The molecule has 28 heavy (non-hydrogen) atoms. The number of piperidine rings is 1. The van der Waals surface area contributed by atoms with Crippen LogP contribution in [0.1, 0.15) is 25.3 Å². The SMILES string of the molecule is CN=C(NCc1ccc(N(C)C)nc1)N1CCC(C2(C)NC(=O)NC2=O)CC1. The van der Waals surface area contributed by atoms with Gasteiger partial charge in [0.2, 0.25) is 0 Å². The zero-order chi connectivity index (χ0) is 20.3. The lowest BCUT2D eigenvalue weighted by Crippen LogP contribution is -2.55. The van der Waals surface area contributed by atoms with Gasteiger partial charge in [-0.15, -0.1) is 0 Å². The highest BCUT2D eigenvalue weighted by Gasteiger charge is 2.48. The minimum atomic E-state index is -0.819. The number of carbonyl (C=O) groups excluding carboxylic acids is 2. The number of rotatable bonds is 4. The molecule has 9 heteroatoms. The van der Waals surface area contributed by atoms with Crippen molar-refractivity contribution in [3.63, 3.8) is 0 Å². The van der Waals surface area contributed by atoms with Gasteiger partial charge in [-0.05, 0) is 37.3 Å². The summed E-state index contributed by atoms with van der Waals surface area (Å²) in [5.74, 6) is 1.63. The summed E-state index contributed by atoms with van der Waals surface area (Å²) in [5.41, 5.74) is 0.263. The highest BCUT2D eigenvalue weighted by Crippen LogP contribution is 2.30. The molecule has 1 aromatic heterocycles. The molecule has 2 aliphatic rings. The molecule has 3 amide bonds. The third-order valence-electron chi connectivity index (χ3n) is 5.61. The number of nitrogens with one attached hydrogen (secondary N) is 3. The Morgan fingerprint density at radius 3 is 2.57 bits per heavy atom. The van der Waals surface area contributed by atoms with E-state index >= 15 is 0 Å². The lowest BCUT2D eigenvalue weighted by molar-refractivity contribution is -0.125. The zero-order valence-electron chi connectivity index (χ0n) is 17.0. The van der Waals surface area contributed by atoms with Crippen molar-refractivity contribution in [3.05, 3.63) is 23.9 Å². The number of urea groups is 1. The van der Waals surface area contributed by atoms with Gasteiger partial charge in [0, 0.05) is 47.0 Å². The summed E-state index contributed by atoms with van der Waals surface area (Å²) < 4.78 is 0. The maximum Gasteiger partial charge on any atom is 0.322 e. The van der Waals surface area contributed by atoms with E-state index in [1.807, 2.05) is 38.2 Å². The van der Waals surface area contributed by atoms with E-state index in [0.717, 1.165) is 43.3 Å². The summed E-state index contributed by atoms with van der Waals surface area (Å²) in [5, 5.41) is 8.53. The molecule has 2 saturated heterocycles. The van der Waals surface area contributed by atoms with E-state index in [2.05, 4.69) is 36.9 Å². The molecule has 2 fully saturated rings. The Bertz CT molecular complexity index is 754. The van der Waals surface area contributed by atoms with Crippen LogP contribution >= 0.6 is 0 Å². The minimum absolute atomic E-state index is 0.107. The summed E-state index contributed by atoms with van der Waals surface area (Å²) in [7, 11) is 5.70. The molecular formula is C19H29N7O2. The largest absolute Gasteiger partial charge is 0.363 e. The van der Waals surface area contributed by atoms with Crippen molar-refractivity contribution in [1.29, 1.82) is 0 Å². The quantitative estimate of drug-likeness (QED) is 0.396. The number of hydrogen-bond donors (Lipinski definition) is 3. The van der Waals surface area contributed by atoms with Crippen LogP contribution in [0, 0.1) is 5.92 Å². The number of aromatic nitrogens is 1. The van der Waals surface area contributed by atoms with Crippen LogP contribution in [-0.4, -0.2) is 67.6 Å². The van der Waals surface area contributed by atoms with Crippen LogP contribution in [0.3, 0.4) is 0 Å². The van der Waals surface area contributed by atoms with Gasteiger partial charge in [-0.25, -0.2) is 9.78 Å². The van der Waals surface area contributed by atoms with E-state index in [-0.39, 0.29) is 11.8 Å². The Labute approximate surface area is 165 Å². The Kier molecular flexibility index (Phi) is 5.71. The predicted octanol–water partition coefficient (Wildman–Crippen LogP) is 0.533. The molecule has 3 heterocycles. The molecule has 1 aromatic rings. The number of aliphatic imine (C=N–C) groups is 1. The smallest absolute Gasteiger partial charge is 0.322 e. The van der Waals surface area contributed by atoms with E-state index in [1.165, 1.54) is 0 Å². The third kappa shape index (κ3) is 4.02. The Morgan fingerprint density at radius 1 is 1.36 bits per heavy atom. The van der Waals surface area contributed by atoms with E-state index < -0.39 is 11.6 Å². The molecule has 0 aromatic carbocycles. The molecule has 1 atom stereocenters.